The normalized spacial score (nSPS) is 11.1. The molecule has 0 aromatic heterocycles. The maximum Gasteiger partial charge on any atom is 0.00498 e. The minimum Gasteiger partial charge on any atom is -0.0654 e. The van der Waals surface area contributed by atoms with E-state index in [2.05, 4.69) is 44.2 Å². The SMILES string of the molecule is CCCCCCCC[C](CCCC)c1ccccc1. The maximum atomic E-state index is 2.29. The van der Waals surface area contributed by atoms with Crippen LogP contribution in [0.4, 0.5) is 0 Å². The molecule has 0 heteroatoms. The van der Waals surface area contributed by atoms with E-state index >= 15 is 0 Å². The van der Waals surface area contributed by atoms with Gasteiger partial charge in [-0.15, -0.1) is 0 Å². The zero-order chi connectivity index (χ0) is 13.8. The molecule has 0 saturated carbocycles. The van der Waals surface area contributed by atoms with Crippen molar-refractivity contribution < 1.29 is 0 Å². The molecule has 0 aliphatic heterocycles. The standard InChI is InChI=1S/C19H31/c1-3-5-7-8-9-11-15-18(14-6-4-2)19-16-12-10-13-17-19/h10,12-13,16-17H,3-9,11,14-15H2,1-2H3. The van der Waals surface area contributed by atoms with Crippen LogP contribution in [0.15, 0.2) is 30.3 Å². The van der Waals surface area contributed by atoms with E-state index in [0.717, 1.165) is 0 Å². The molecule has 107 valence electrons. The zero-order valence-electron chi connectivity index (χ0n) is 13.0. The molecule has 0 heterocycles. The van der Waals surface area contributed by atoms with Crippen molar-refractivity contribution in [2.75, 3.05) is 0 Å². The van der Waals surface area contributed by atoms with Crippen LogP contribution in [0.25, 0.3) is 0 Å². The summed E-state index contributed by atoms with van der Waals surface area (Å²) in [6.45, 7) is 4.57. The van der Waals surface area contributed by atoms with Gasteiger partial charge < -0.3 is 0 Å². The van der Waals surface area contributed by atoms with E-state index < -0.39 is 0 Å². The van der Waals surface area contributed by atoms with Gasteiger partial charge in [0.05, 0.1) is 0 Å². The molecular weight excluding hydrogens is 228 g/mol. The van der Waals surface area contributed by atoms with Gasteiger partial charge in [-0.2, -0.15) is 0 Å². The summed E-state index contributed by atoms with van der Waals surface area (Å²) in [5.74, 6) is 1.68. The molecule has 0 saturated heterocycles. The molecule has 1 radical (unpaired) electrons. The number of hydrogen-bond acceptors (Lipinski definition) is 0. The Labute approximate surface area is 120 Å². The van der Waals surface area contributed by atoms with E-state index in [-0.39, 0.29) is 0 Å². The first-order valence-electron chi connectivity index (χ1n) is 8.28. The highest BCUT2D eigenvalue weighted by Gasteiger charge is 2.10. The largest absolute Gasteiger partial charge is 0.0654 e. The predicted octanol–water partition coefficient (Wildman–Crippen LogP) is 6.55. The first-order chi connectivity index (χ1) is 9.38. The van der Waals surface area contributed by atoms with Crippen molar-refractivity contribution in [3.63, 3.8) is 0 Å². The van der Waals surface area contributed by atoms with E-state index in [1.165, 1.54) is 69.8 Å². The zero-order valence-corrected chi connectivity index (χ0v) is 13.0. The summed E-state index contributed by atoms with van der Waals surface area (Å²) in [4.78, 5) is 0. The summed E-state index contributed by atoms with van der Waals surface area (Å²) in [5.41, 5.74) is 1.48. The van der Waals surface area contributed by atoms with Crippen LogP contribution in [0.3, 0.4) is 0 Å². The Bertz CT molecular complexity index is 288. The van der Waals surface area contributed by atoms with Gasteiger partial charge in [-0.05, 0) is 18.4 Å². The van der Waals surface area contributed by atoms with Gasteiger partial charge in [0.2, 0.25) is 0 Å². The van der Waals surface area contributed by atoms with Gasteiger partial charge in [0.1, 0.15) is 0 Å². The molecular formula is C19H31. The number of hydrogen-bond donors (Lipinski definition) is 0. The average Bonchev–Trinajstić information content (AvgIpc) is 2.46. The van der Waals surface area contributed by atoms with Crippen LogP contribution in [-0.2, 0) is 0 Å². The third-order valence-electron chi connectivity index (χ3n) is 3.85. The molecule has 1 rings (SSSR count). The van der Waals surface area contributed by atoms with Crippen molar-refractivity contribution in [2.24, 2.45) is 0 Å². The third kappa shape index (κ3) is 7.40. The summed E-state index contributed by atoms with van der Waals surface area (Å²) < 4.78 is 0. The Morgan fingerprint density at radius 1 is 0.684 bits per heavy atom. The highest BCUT2D eigenvalue weighted by Crippen LogP contribution is 2.26. The monoisotopic (exact) mass is 259 g/mol. The lowest BCUT2D eigenvalue weighted by Gasteiger charge is -2.16. The summed E-state index contributed by atoms with van der Waals surface area (Å²) in [5, 5.41) is 0. The first-order valence-corrected chi connectivity index (χ1v) is 8.28. The smallest absolute Gasteiger partial charge is 0.00498 e. The molecule has 1 aromatic carbocycles. The fourth-order valence-electron chi connectivity index (χ4n) is 2.60. The number of benzene rings is 1. The Balaban J connectivity index is 2.30. The quantitative estimate of drug-likeness (QED) is 0.395. The van der Waals surface area contributed by atoms with Crippen molar-refractivity contribution in [1.82, 2.24) is 0 Å². The second-order valence-corrected chi connectivity index (χ2v) is 5.59. The van der Waals surface area contributed by atoms with Crippen molar-refractivity contribution >= 4 is 0 Å². The average molecular weight is 259 g/mol. The molecule has 0 spiro atoms. The van der Waals surface area contributed by atoms with Crippen molar-refractivity contribution in [3.8, 4) is 0 Å². The number of unbranched alkanes of at least 4 members (excludes halogenated alkanes) is 6. The molecule has 0 fully saturated rings. The van der Waals surface area contributed by atoms with E-state index in [4.69, 9.17) is 0 Å². The van der Waals surface area contributed by atoms with Gasteiger partial charge >= 0.3 is 0 Å². The van der Waals surface area contributed by atoms with E-state index in [9.17, 15) is 0 Å². The highest BCUT2D eigenvalue weighted by atomic mass is 14.1. The Morgan fingerprint density at radius 2 is 1.26 bits per heavy atom. The van der Waals surface area contributed by atoms with Crippen molar-refractivity contribution in [3.05, 3.63) is 41.8 Å². The Kier molecular flexibility index (Phi) is 9.49. The van der Waals surface area contributed by atoms with Gasteiger partial charge in [-0.3, -0.25) is 0 Å². The topological polar surface area (TPSA) is 0 Å². The van der Waals surface area contributed by atoms with Crippen LogP contribution < -0.4 is 0 Å². The van der Waals surface area contributed by atoms with Crippen molar-refractivity contribution in [2.45, 2.75) is 78.1 Å². The summed E-state index contributed by atoms with van der Waals surface area (Å²) in [6.07, 6.45) is 13.6. The first kappa shape index (κ1) is 16.3. The molecule has 0 aliphatic rings. The molecule has 0 nitrogen and oxygen atoms in total. The van der Waals surface area contributed by atoms with Crippen LogP contribution in [-0.4, -0.2) is 0 Å². The van der Waals surface area contributed by atoms with Crippen LogP contribution in [0.2, 0.25) is 0 Å². The Hall–Kier alpha value is -0.780. The minimum atomic E-state index is 1.29. The van der Waals surface area contributed by atoms with E-state index in [0.29, 0.717) is 0 Å². The highest BCUT2D eigenvalue weighted by molar-refractivity contribution is 5.30. The maximum absolute atomic E-state index is 2.29. The van der Waals surface area contributed by atoms with Gasteiger partial charge in [-0.25, -0.2) is 0 Å². The third-order valence-corrected chi connectivity index (χ3v) is 3.85. The van der Waals surface area contributed by atoms with Crippen molar-refractivity contribution in [1.29, 1.82) is 0 Å². The second-order valence-electron chi connectivity index (χ2n) is 5.59. The predicted molar refractivity (Wildman–Crippen MR) is 86.3 cm³/mol. The van der Waals surface area contributed by atoms with Gasteiger partial charge in [0, 0.05) is 5.92 Å². The Morgan fingerprint density at radius 3 is 1.95 bits per heavy atom. The minimum absolute atomic E-state index is 1.29. The summed E-state index contributed by atoms with van der Waals surface area (Å²) in [6, 6.07) is 11.0. The lowest BCUT2D eigenvalue weighted by molar-refractivity contribution is 0.581. The van der Waals surface area contributed by atoms with Gasteiger partial charge in [0.25, 0.3) is 0 Å². The summed E-state index contributed by atoms with van der Waals surface area (Å²) >= 11 is 0. The van der Waals surface area contributed by atoms with Crippen LogP contribution in [0.1, 0.15) is 83.6 Å². The van der Waals surface area contributed by atoms with Gasteiger partial charge in [-0.1, -0.05) is 95.5 Å². The summed E-state index contributed by atoms with van der Waals surface area (Å²) in [7, 11) is 0. The van der Waals surface area contributed by atoms with Crippen LogP contribution in [0.5, 0.6) is 0 Å². The molecule has 0 amide bonds. The fourth-order valence-corrected chi connectivity index (χ4v) is 2.60. The molecule has 1 aromatic rings. The van der Waals surface area contributed by atoms with Crippen LogP contribution in [0, 0.1) is 5.92 Å². The molecule has 0 unspecified atom stereocenters. The molecule has 19 heavy (non-hydrogen) atoms. The van der Waals surface area contributed by atoms with E-state index in [1.54, 1.807) is 5.92 Å². The van der Waals surface area contributed by atoms with Gasteiger partial charge in [0.15, 0.2) is 0 Å². The number of rotatable bonds is 11. The van der Waals surface area contributed by atoms with E-state index in [1.807, 2.05) is 0 Å². The van der Waals surface area contributed by atoms with Crippen LogP contribution >= 0.6 is 0 Å². The lowest BCUT2D eigenvalue weighted by Crippen LogP contribution is -2.00. The lowest BCUT2D eigenvalue weighted by atomic mass is 9.88. The molecule has 0 aliphatic carbocycles. The second kappa shape index (κ2) is 11.1. The molecule has 0 N–H and O–H groups in total. The fraction of sp³-hybridized carbons (Fsp3) is 0.632. The molecule has 0 atom stereocenters. The molecule has 0 bridgehead atoms.